The Labute approximate surface area is 385 Å². The smallest absolute Gasteiger partial charge is 0.136 e. The first-order chi connectivity index (χ1) is 32.5. The van der Waals surface area contributed by atoms with Crippen LogP contribution in [0.4, 0.5) is 17.1 Å². The van der Waals surface area contributed by atoms with Crippen LogP contribution in [0.15, 0.2) is 222 Å². The third-order valence-corrected chi connectivity index (χ3v) is 15.4. The van der Waals surface area contributed by atoms with E-state index in [-0.39, 0.29) is 5.41 Å². The summed E-state index contributed by atoms with van der Waals surface area (Å²) in [6, 6.07) is 74.7. The first-order valence-electron chi connectivity index (χ1n) is 23.4. The number of benzene rings is 9. The van der Waals surface area contributed by atoms with Gasteiger partial charge in [0, 0.05) is 33.0 Å². The molecule has 10 aromatic rings. The van der Waals surface area contributed by atoms with E-state index in [2.05, 4.69) is 225 Å². The highest BCUT2D eigenvalue weighted by molar-refractivity contribution is 6.13. The van der Waals surface area contributed by atoms with E-state index in [0.29, 0.717) is 0 Å². The van der Waals surface area contributed by atoms with Gasteiger partial charge < -0.3 is 9.32 Å². The normalized spacial score (nSPS) is 15.4. The summed E-state index contributed by atoms with van der Waals surface area (Å²) in [6.45, 7) is 4.86. The summed E-state index contributed by atoms with van der Waals surface area (Å²) < 4.78 is 6.43. The van der Waals surface area contributed by atoms with E-state index in [1.54, 1.807) is 5.57 Å². The monoisotopic (exact) mass is 843 g/mol. The van der Waals surface area contributed by atoms with Crippen molar-refractivity contribution in [3.8, 4) is 44.5 Å². The highest BCUT2D eigenvalue weighted by atomic mass is 16.3. The summed E-state index contributed by atoms with van der Waals surface area (Å²) in [7, 11) is 0. The van der Waals surface area contributed by atoms with Gasteiger partial charge in [-0.2, -0.15) is 0 Å². The summed E-state index contributed by atoms with van der Waals surface area (Å²) in [5.41, 5.74) is 25.6. The highest BCUT2D eigenvalue weighted by Gasteiger charge is 2.52. The number of allylic oxidation sites excluding steroid dienone is 4. The maximum atomic E-state index is 6.43. The van der Waals surface area contributed by atoms with Crippen LogP contribution < -0.4 is 4.90 Å². The molecule has 14 rings (SSSR count). The van der Waals surface area contributed by atoms with Crippen molar-refractivity contribution in [1.29, 1.82) is 0 Å². The first-order valence-corrected chi connectivity index (χ1v) is 23.4. The number of hydrogen-bond acceptors (Lipinski definition) is 2. The molecule has 0 fully saturated rings. The minimum absolute atomic E-state index is 0.0954. The topological polar surface area (TPSA) is 16.4 Å². The van der Waals surface area contributed by atoms with E-state index in [9.17, 15) is 0 Å². The Bertz CT molecular complexity index is 3700. The average Bonchev–Trinajstić information content (AvgIpc) is 4.07. The van der Waals surface area contributed by atoms with Gasteiger partial charge in [-0.15, -0.1) is 0 Å². The van der Waals surface area contributed by atoms with Crippen molar-refractivity contribution < 1.29 is 4.42 Å². The summed E-state index contributed by atoms with van der Waals surface area (Å²) in [4.78, 5) is 2.59. The summed E-state index contributed by atoms with van der Waals surface area (Å²) in [5.74, 6) is 0. The molecule has 0 radical (unpaired) electrons. The standard InChI is InChI=1S/C64H45NO/c1-63(2)51-26-11-6-20-44(51)47-36-35-42(39-56(47)63)65(57-37-34-41(38-50(57)40-18-4-3-5-19-40)43-25-16-33-60-61(43)49-24-10-15-32-59(49)66-60)58-31-17-30-55-62(58)48-23-9-14-29-54(48)64(55)52-27-12-7-21-45(52)46-22-8-13-28-53(46)64/h3-10,12-25,27-39H,11,26H2,1-2H3. The van der Waals surface area contributed by atoms with Gasteiger partial charge in [-0.05, 0) is 128 Å². The molecule has 9 aromatic carbocycles. The van der Waals surface area contributed by atoms with Crippen LogP contribution in [0.5, 0.6) is 0 Å². The Balaban J connectivity index is 1.07. The number of rotatable bonds is 5. The van der Waals surface area contributed by atoms with E-state index in [1.807, 2.05) is 6.07 Å². The fraction of sp³-hybridized carbons (Fsp3) is 0.0938. The van der Waals surface area contributed by atoms with Crippen molar-refractivity contribution in [2.75, 3.05) is 4.90 Å². The number of para-hydroxylation sites is 1. The van der Waals surface area contributed by atoms with Crippen LogP contribution in [-0.2, 0) is 10.8 Å². The number of anilines is 3. The number of nitrogens with zero attached hydrogens (tertiary/aromatic N) is 1. The summed E-state index contributed by atoms with van der Waals surface area (Å²) >= 11 is 0. The van der Waals surface area contributed by atoms with E-state index >= 15 is 0 Å². The van der Waals surface area contributed by atoms with Crippen LogP contribution in [0, 0.1) is 0 Å². The van der Waals surface area contributed by atoms with Gasteiger partial charge in [0.2, 0.25) is 0 Å². The Hall–Kier alpha value is -7.94. The summed E-state index contributed by atoms with van der Waals surface area (Å²) in [5, 5.41) is 2.27. The van der Waals surface area contributed by atoms with Crippen LogP contribution in [0.3, 0.4) is 0 Å². The minimum Gasteiger partial charge on any atom is -0.456 e. The molecule has 0 saturated carbocycles. The molecule has 0 aliphatic heterocycles. The van der Waals surface area contributed by atoms with Gasteiger partial charge in [0.05, 0.1) is 16.8 Å². The van der Waals surface area contributed by atoms with Gasteiger partial charge in [-0.25, -0.2) is 0 Å². The molecule has 2 nitrogen and oxygen atoms in total. The molecule has 1 aromatic heterocycles. The van der Waals surface area contributed by atoms with Crippen LogP contribution in [0.25, 0.3) is 72.0 Å². The molecule has 4 aliphatic carbocycles. The van der Waals surface area contributed by atoms with Gasteiger partial charge in [-0.1, -0.05) is 189 Å². The quantitative estimate of drug-likeness (QED) is 0.172. The maximum absolute atomic E-state index is 6.43. The van der Waals surface area contributed by atoms with Crippen LogP contribution in [0.2, 0.25) is 0 Å². The van der Waals surface area contributed by atoms with Gasteiger partial charge >= 0.3 is 0 Å². The van der Waals surface area contributed by atoms with Crippen molar-refractivity contribution in [1.82, 2.24) is 0 Å². The third-order valence-electron chi connectivity index (χ3n) is 15.4. The Morgan fingerprint density at radius 3 is 1.91 bits per heavy atom. The van der Waals surface area contributed by atoms with Crippen molar-refractivity contribution in [2.24, 2.45) is 0 Å². The number of furan rings is 1. The lowest BCUT2D eigenvalue weighted by Gasteiger charge is -2.33. The van der Waals surface area contributed by atoms with Crippen molar-refractivity contribution >= 4 is 44.6 Å². The third kappa shape index (κ3) is 4.96. The van der Waals surface area contributed by atoms with E-state index in [0.717, 1.165) is 68.4 Å². The SMILES string of the molecule is CC1(C)C2=C(C=CCC2)c2ccc(N(c3ccc(-c4cccc5oc6ccccc6c45)cc3-c3ccccc3)c3cccc4c3-c3ccccc3C43c4ccccc4-c4ccccc43)cc21. The fourth-order valence-corrected chi connectivity index (χ4v) is 12.6. The minimum atomic E-state index is -0.464. The van der Waals surface area contributed by atoms with E-state index in [1.165, 1.54) is 66.9 Å². The van der Waals surface area contributed by atoms with Crippen molar-refractivity contribution in [3.63, 3.8) is 0 Å². The van der Waals surface area contributed by atoms with E-state index < -0.39 is 5.41 Å². The lowest BCUT2D eigenvalue weighted by molar-refractivity contribution is 0.607. The van der Waals surface area contributed by atoms with Gasteiger partial charge in [0.1, 0.15) is 11.2 Å². The first kappa shape index (κ1) is 37.4. The zero-order valence-corrected chi connectivity index (χ0v) is 37.0. The molecule has 0 unspecified atom stereocenters. The molecular formula is C64H45NO. The van der Waals surface area contributed by atoms with E-state index in [4.69, 9.17) is 4.42 Å². The Morgan fingerprint density at radius 1 is 0.455 bits per heavy atom. The second kappa shape index (κ2) is 13.8. The van der Waals surface area contributed by atoms with Gasteiger partial charge in [0.25, 0.3) is 0 Å². The maximum Gasteiger partial charge on any atom is 0.136 e. The zero-order valence-electron chi connectivity index (χ0n) is 37.0. The molecule has 66 heavy (non-hydrogen) atoms. The number of hydrogen-bond donors (Lipinski definition) is 0. The predicted octanol–water partition coefficient (Wildman–Crippen LogP) is 17.1. The van der Waals surface area contributed by atoms with Crippen molar-refractivity contribution in [3.05, 3.63) is 251 Å². The molecule has 0 amide bonds. The second-order valence-corrected chi connectivity index (χ2v) is 19.0. The molecule has 0 atom stereocenters. The molecule has 0 bridgehead atoms. The highest BCUT2D eigenvalue weighted by Crippen LogP contribution is 2.65. The molecule has 1 heterocycles. The van der Waals surface area contributed by atoms with Gasteiger partial charge in [0.15, 0.2) is 0 Å². The Kier molecular flexibility index (Phi) is 7.82. The molecule has 0 N–H and O–H groups in total. The largest absolute Gasteiger partial charge is 0.456 e. The lowest BCUT2D eigenvalue weighted by Crippen LogP contribution is -2.26. The molecule has 312 valence electrons. The lowest BCUT2D eigenvalue weighted by atomic mass is 9.70. The van der Waals surface area contributed by atoms with Crippen LogP contribution >= 0.6 is 0 Å². The fourth-order valence-electron chi connectivity index (χ4n) is 12.6. The van der Waals surface area contributed by atoms with Crippen molar-refractivity contribution in [2.45, 2.75) is 37.5 Å². The molecule has 1 spiro atoms. The number of fused-ring (bicyclic) bond motifs is 15. The second-order valence-electron chi connectivity index (χ2n) is 19.0. The molecule has 2 heteroatoms. The summed E-state index contributed by atoms with van der Waals surface area (Å²) in [6.07, 6.45) is 6.91. The molecule has 4 aliphatic rings. The van der Waals surface area contributed by atoms with Gasteiger partial charge in [-0.3, -0.25) is 0 Å². The van der Waals surface area contributed by atoms with Crippen LogP contribution in [-0.4, -0.2) is 0 Å². The predicted molar refractivity (Wildman–Crippen MR) is 274 cm³/mol. The zero-order chi connectivity index (χ0) is 43.7. The Morgan fingerprint density at radius 2 is 1.11 bits per heavy atom. The average molecular weight is 844 g/mol. The molecular weight excluding hydrogens is 799 g/mol. The molecule has 0 saturated heterocycles. The van der Waals surface area contributed by atoms with Crippen LogP contribution in [0.1, 0.15) is 60.1 Å².